The fourth-order valence-electron chi connectivity index (χ4n) is 3.83. The summed E-state index contributed by atoms with van der Waals surface area (Å²) in [4.78, 5) is 34.6. The Morgan fingerprint density at radius 2 is 2.16 bits per heavy atom. The van der Waals surface area contributed by atoms with Crippen molar-refractivity contribution in [3.8, 4) is 6.07 Å². The molecule has 0 aliphatic heterocycles. The molecular weight excluding hydrogens is 428 g/mol. The minimum atomic E-state index is -0.125. The quantitative estimate of drug-likeness (QED) is 0.292. The third-order valence-corrected chi connectivity index (χ3v) is 7.39. The Labute approximate surface area is 188 Å². The average Bonchev–Trinajstić information content (AvgIpc) is 3.36. The van der Waals surface area contributed by atoms with Gasteiger partial charge in [0, 0.05) is 23.7 Å². The number of amides is 1. The molecular formula is C23H22N4O2S2. The first-order valence-electron chi connectivity index (χ1n) is 10.1. The van der Waals surface area contributed by atoms with Crippen molar-refractivity contribution < 1.29 is 4.79 Å². The Morgan fingerprint density at radius 1 is 1.35 bits per heavy atom. The van der Waals surface area contributed by atoms with Crippen LogP contribution in [0.15, 0.2) is 52.9 Å². The van der Waals surface area contributed by atoms with Crippen LogP contribution in [0.4, 0.5) is 5.69 Å². The van der Waals surface area contributed by atoms with E-state index in [4.69, 9.17) is 10.2 Å². The highest BCUT2D eigenvalue weighted by Crippen LogP contribution is 2.35. The second-order valence-electron chi connectivity index (χ2n) is 7.21. The summed E-state index contributed by atoms with van der Waals surface area (Å²) in [6.07, 6.45) is 4.94. The molecule has 0 saturated carbocycles. The van der Waals surface area contributed by atoms with Crippen LogP contribution >= 0.6 is 23.1 Å². The maximum absolute atomic E-state index is 13.2. The van der Waals surface area contributed by atoms with Gasteiger partial charge < -0.3 is 4.90 Å². The molecule has 6 nitrogen and oxygen atoms in total. The van der Waals surface area contributed by atoms with E-state index in [1.54, 1.807) is 26.9 Å². The smallest absolute Gasteiger partial charge is 0.263 e. The number of nitriles is 1. The summed E-state index contributed by atoms with van der Waals surface area (Å²) >= 11 is 2.85. The molecule has 0 bridgehead atoms. The van der Waals surface area contributed by atoms with Crippen molar-refractivity contribution in [2.24, 2.45) is 0 Å². The van der Waals surface area contributed by atoms with Gasteiger partial charge >= 0.3 is 0 Å². The van der Waals surface area contributed by atoms with Gasteiger partial charge in [-0.2, -0.15) is 5.26 Å². The summed E-state index contributed by atoms with van der Waals surface area (Å²) < 4.78 is 1.61. The van der Waals surface area contributed by atoms with Crippen LogP contribution in [0, 0.1) is 11.3 Å². The zero-order valence-corrected chi connectivity index (χ0v) is 18.7. The second kappa shape index (κ2) is 9.50. The molecule has 3 aromatic rings. The van der Waals surface area contributed by atoms with Gasteiger partial charge in [0.05, 0.1) is 23.6 Å². The average molecular weight is 451 g/mol. The normalized spacial score (nSPS) is 12.5. The molecule has 0 saturated heterocycles. The number of thiophene rings is 1. The Hall–Kier alpha value is -2.89. The van der Waals surface area contributed by atoms with Gasteiger partial charge in [0.15, 0.2) is 5.16 Å². The number of hydrogen-bond acceptors (Lipinski definition) is 6. The third kappa shape index (κ3) is 4.29. The summed E-state index contributed by atoms with van der Waals surface area (Å²) in [5.74, 6) is 0.000149. The van der Waals surface area contributed by atoms with E-state index in [2.05, 4.69) is 12.6 Å². The number of para-hydroxylation sites is 1. The number of nitrogens with zero attached hydrogens (tertiary/aromatic N) is 4. The number of carbonyl (C=O) groups excluding carboxylic acids is 1. The van der Waals surface area contributed by atoms with Crippen LogP contribution in [-0.4, -0.2) is 27.8 Å². The van der Waals surface area contributed by atoms with E-state index >= 15 is 0 Å². The minimum Gasteiger partial charge on any atom is -0.311 e. The van der Waals surface area contributed by atoms with Crippen LogP contribution in [0.1, 0.15) is 23.3 Å². The molecule has 158 valence electrons. The maximum Gasteiger partial charge on any atom is 0.263 e. The lowest BCUT2D eigenvalue weighted by molar-refractivity contribution is -0.116. The first-order chi connectivity index (χ1) is 15.1. The summed E-state index contributed by atoms with van der Waals surface area (Å²) in [6.45, 7) is 4.45. The molecule has 0 N–H and O–H groups in total. The standard InChI is InChI=1S/C23H22N4O2S2/c1-2-13-27-22(29)20-17-10-6-11-18(17)31-21(20)25-23(27)30-15-19(28)26(14-7-12-24)16-8-4-3-5-9-16/h2-5,8-9H,1,6-7,10-11,13-15H2. The van der Waals surface area contributed by atoms with E-state index in [9.17, 15) is 9.59 Å². The highest BCUT2D eigenvalue weighted by molar-refractivity contribution is 7.99. The Kier molecular flexibility index (Phi) is 6.54. The van der Waals surface area contributed by atoms with E-state index in [0.717, 1.165) is 40.7 Å². The number of aryl methyl sites for hydroxylation is 2. The molecule has 2 heterocycles. The molecule has 1 aliphatic rings. The Morgan fingerprint density at radius 3 is 2.90 bits per heavy atom. The van der Waals surface area contributed by atoms with Gasteiger partial charge in [0.25, 0.3) is 5.56 Å². The first kappa shape index (κ1) is 21.3. The zero-order valence-electron chi connectivity index (χ0n) is 17.0. The molecule has 0 atom stereocenters. The number of allylic oxidation sites excluding steroid dienone is 1. The largest absolute Gasteiger partial charge is 0.311 e. The minimum absolute atomic E-state index is 0.0522. The highest BCUT2D eigenvalue weighted by Gasteiger charge is 2.24. The molecule has 1 aromatic carbocycles. The van der Waals surface area contributed by atoms with Crippen LogP contribution in [0.5, 0.6) is 0 Å². The van der Waals surface area contributed by atoms with Crippen molar-refractivity contribution in [3.63, 3.8) is 0 Å². The SMILES string of the molecule is C=CCn1c(SCC(=O)N(CCC#N)c2ccccc2)nc2sc3c(c2c1=O)CCC3. The van der Waals surface area contributed by atoms with Gasteiger partial charge in [-0.1, -0.05) is 36.0 Å². The molecule has 1 aliphatic carbocycles. The molecule has 8 heteroatoms. The summed E-state index contributed by atoms with van der Waals surface area (Å²) in [6, 6.07) is 11.4. The van der Waals surface area contributed by atoms with Crippen molar-refractivity contribution in [1.29, 1.82) is 5.26 Å². The van der Waals surface area contributed by atoms with Crippen molar-refractivity contribution in [2.45, 2.75) is 37.4 Å². The van der Waals surface area contributed by atoms with E-state index in [1.165, 1.54) is 16.6 Å². The van der Waals surface area contributed by atoms with Crippen LogP contribution in [0.3, 0.4) is 0 Å². The van der Waals surface area contributed by atoms with E-state index in [0.29, 0.717) is 18.2 Å². The van der Waals surface area contributed by atoms with Gasteiger partial charge in [-0.15, -0.1) is 17.9 Å². The van der Waals surface area contributed by atoms with Crippen molar-refractivity contribution in [1.82, 2.24) is 9.55 Å². The van der Waals surface area contributed by atoms with Crippen molar-refractivity contribution >= 4 is 44.9 Å². The second-order valence-corrected chi connectivity index (χ2v) is 9.24. The molecule has 0 spiro atoms. The van der Waals surface area contributed by atoms with Crippen LogP contribution in [-0.2, 0) is 24.2 Å². The first-order valence-corrected chi connectivity index (χ1v) is 12.0. The molecule has 0 fully saturated rings. The third-order valence-electron chi connectivity index (χ3n) is 5.24. The molecule has 4 rings (SSSR count). The Balaban J connectivity index is 1.62. The Bertz CT molecular complexity index is 1220. The van der Waals surface area contributed by atoms with E-state index in [-0.39, 0.29) is 23.6 Å². The highest BCUT2D eigenvalue weighted by atomic mass is 32.2. The van der Waals surface area contributed by atoms with Crippen molar-refractivity contribution in [3.05, 3.63) is 63.8 Å². The number of thioether (sulfide) groups is 1. The van der Waals surface area contributed by atoms with Crippen molar-refractivity contribution in [2.75, 3.05) is 17.2 Å². The lowest BCUT2D eigenvalue weighted by Crippen LogP contribution is -2.33. The monoisotopic (exact) mass is 450 g/mol. The molecule has 2 aromatic heterocycles. The number of fused-ring (bicyclic) bond motifs is 3. The van der Waals surface area contributed by atoms with Gasteiger partial charge in [-0.3, -0.25) is 14.2 Å². The maximum atomic E-state index is 13.2. The van der Waals surface area contributed by atoms with Crippen LogP contribution in [0.2, 0.25) is 0 Å². The van der Waals surface area contributed by atoms with Gasteiger partial charge in [0.2, 0.25) is 5.91 Å². The van der Waals surface area contributed by atoms with Gasteiger partial charge in [0.1, 0.15) is 4.83 Å². The number of hydrogen-bond donors (Lipinski definition) is 0. The van der Waals surface area contributed by atoms with E-state index in [1.807, 2.05) is 30.3 Å². The fourth-order valence-corrected chi connectivity index (χ4v) is 6.02. The number of aromatic nitrogens is 2. The van der Waals surface area contributed by atoms with Crippen LogP contribution in [0.25, 0.3) is 10.2 Å². The predicted octanol–water partition coefficient (Wildman–Crippen LogP) is 4.17. The predicted molar refractivity (Wildman–Crippen MR) is 126 cm³/mol. The lowest BCUT2D eigenvalue weighted by atomic mass is 10.2. The fraction of sp³-hybridized carbons (Fsp3) is 0.304. The summed E-state index contributed by atoms with van der Waals surface area (Å²) in [5.41, 5.74) is 1.85. The molecule has 1 amide bonds. The molecule has 31 heavy (non-hydrogen) atoms. The summed E-state index contributed by atoms with van der Waals surface area (Å²) in [5, 5.41) is 10.2. The van der Waals surface area contributed by atoms with E-state index < -0.39 is 0 Å². The number of anilines is 1. The summed E-state index contributed by atoms with van der Waals surface area (Å²) in [7, 11) is 0. The van der Waals surface area contributed by atoms with Crippen LogP contribution < -0.4 is 10.5 Å². The number of rotatable bonds is 8. The van der Waals surface area contributed by atoms with Gasteiger partial charge in [-0.25, -0.2) is 4.98 Å². The molecule has 0 radical (unpaired) electrons. The topological polar surface area (TPSA) is 79.0 Å². The molecule has 0 unspecified atom stereocenters. The zero-order chi connectivity index (χ0) is 21.8. The number of carbonyl (C=O) groups is 1. The lowest BCUT2D eigenvalue weighted by Gasteiger charge is -2.21. The van der Waals surface area contributed by atoms with Gasteiger partial charge in [-0.05, 0) is 37.0 Å². The number of benzene rings is 1.